The van der Waals surface area contributed by atoms with Gasteiger partial charge < -0.3 is 15.0 Å². The molecule has 2 aromatic rings. The number of ether oxygens (including phenoxy) is 1. The lowest BCUT2D eigenvalue weighted by molar-refractivity contribution is 0.0707. The predicted molar refractivity (Wildman–Crippen MR) is 90.9 cm³/mol. The van der Waals surface area contributed by atoms with E-state index >= 15 is 0 Å². The fourth-order valence-corrected chi connectivity index (χ4v) is 2.84. The molecule has 3 rings (SSSR count). The van der Waals surface area contributed by atoms with Gasteiger partial charge in [0.2, 0.25) is 0 Å². The number of hydrogen-bond acceptors (Lipinski definition) is 3. The zero-order valence-electron chi connectivity index (χ0n) is 13.4. The van der Waals surface area contributed by atoms with E-state index < -0.39 is 0 Å². The van der Waals surface area contributed by atoms with Crippen molar-refractivity contribution in [2.45, 2.75) is 18.9 Å². The van der Waals surface area contributed by atoms with Crippen LogP contribution in [0.25, 0.3) is 0 Å². The Morgan fingerprint density at radius 1 is 1.00 bits per heavy atom. The first-order valence-electron chi connectivity index (χ1n) is 8.06. The summed E-state index contributed by atoms with van der Waals surface area (Å²) >= 11 is 0. The van der Waals surface area contributed by atoms with Crippen LogP contribution in [-0.2, 0) is 0 Å². The van der Waals surface area contributed by atoms with E-state index in [-0.39, 0.29) is 5.91 Å². The van der Waals surface area contributed by atoms with Gasteiger partial charge in [0.1, 0.15) is 11.5 Å². The lowest BCUT2D eigenvalue weighted by Gasteiger charge is -2.31. The molecule has 2 aromatic carbocycles. The highest BCUT2D eigenvalue weighted by Crippen LogP contribution is 2.22. The maximum absolute atomic E-state index is 12.5. The fraction of sp³-hybridized carbons (Fsp3) is 0.316. The van der Waals surface area contributed by atoms with Crippen LogP contribution in [0.4, 0.5) is 0 Å². The molecule has 0 unspecified atom stereocenters. The Morgan fingerprint density at radius 3 is 2.22 bits per heavy atom. The molecule has 1 saturated heterocycles. The van der Waals surface area contributed by atoms with Gasteiger partial charge in [0.25, 0.3) is 5.91 Å². The van der Waals surface area contributed by atoms with Crippen molar-refractivity contribution in [3.05, 3.63) is 60.2 Å². The highest BCUT2D eigenvalue weighted by molar-refractivity contribution is 5.94. The monoisotopic (exact) mass is 310 g/mol. The van der Waals surface area contributed by atoms with E-state index in [1.807, 2.05) is 66.5 Å². The second-order valence-electron chi connectivity index (χ2n) is 5.79. The summed E-state index contributed by atoms with van der Waals surface area (Å²) in [6.45, 7) is 1.62. The van der Waals surface area contributed by atoms with Crippen molar-refractivity contribution in [3.63, 3.8) is 0 Å². The molecule has 0 radical (unpaired) electrons. The Labute approximate surface area is 137 Å². The molecule has 1 aliphatic rings. The Balaban J connectivity index is 1.62. The molecule has 0 bridgehead atoms. The number of rotatable bonds is 4. The van der Waals surface area contributed by atoms with Gasteiger partial charge in [-0.3, -0.25) is 4.79 Å². The van der Waals surface area contributed by atoms with Gasteiger partial charge in [-0.15, -0.1) is 0 Å². The van der Waals surface area contributed by atoms with Crippen molar-refractivity contribution in [2.75, 3.05) is 20.1 Å². The lowest BCUT2D eigenvalue weighted by Crippen LogP contribution is -2.43. The van der Waals surface area contributed by atoms with Crippen LogP contribution in [0.15, 0.2) is 54.6 Å². The van der Waals surface area contributed by atoms with Gasteiger partial charge in [-0.2, -0.15) is 0 Å². The minimum atomic E-state index is 0.103. The summed E-state index contributed by atoms with van der Waals surface area (Å²) in [7, 11) is 1.98. The van der Waals surface area contributed by atoms with E-state index in [2.05, 4.69) is 5.32 Å². The number of amides is 1. The van der Waals surface area contributed by atoms with Crippen LogP contribution < -0.4 is 10.1 Å². The van der Waals surface area contributed by atoms with Crippen molar-refractivity contribution in [1.29, 1.82) is 0 Å². The minimum absolute atomic E-state index is 0.103. The fourth-order valence-electron chi connectivity index (χ4n) is 2.84. The highest BCUT2D eigenvalue weighted by Gasteiger charge is 2.22. The third-order valence-electron chi connectivity index (χ3n) is 4.27. The van der Waals surface area contributed by atoms with Gasteiger partial charge >= 0.3 is 0 Å². The highest BCUT2D eigenvalue weighted by atomic mass is 16.5. The molecule has 1 fully saturated rings. The van der Waals surface area contributed by atoms with Crippen LogP contribution in [0, 0.1) is 0 Å². The van der Waals surface area contributed by atoms with E-state index in [0.29, 0.717) is 11.6 Å². The van der Waals surface area contributed by atoms with Gasteiger partial charge in [-0.25, -0.2) is 0 Å². The summed E-state index contributed by atoms with van der Waals surface area (Å²) in [5.41, 5.74) is 0.716. The number of para-hydroxylation sites is 1. The van der Waals surface area contributed by atoms with Crippen LogP contribution in [0.3, 0.4) is 0 Å². The molecule has 1 N–H and O–H groups in total. The summed E-state index contributed by atoms with van der Waals surface area (Å²) in [6.07, 6.45) is 2.02. The maximum atomic E-state index is 12.5. The molecule has 0 spiro atoms. The van der Waals surface area contributed by atoms with Crippen molar-refractivity contribution < 1.29 is 9.53 Å². The van der Waals surface area contributed by atoms with Gasteiger partial charge in [-0.1, -0.05) is 18.2 Å². The summed E-state index contributed by atoms with van der Waals surface area (Å²) in [5, 5.41) is 3.28. The van der Waals surface area contributed by atoms with E-state index in [9.17, 15) is 4.79 Å². The predicted octanol–water partition coefficient (Wildman–Crippen LogP) is 3.30. The molecule has 1 heterocycles. The van der Waals surface area contributed by atoms with Crippen molar-refractivity contribution in [2.24, 2.45) is 0 Å². The van der Waals surface area contributed by atoms with Crippen molar-refractivity contribution in [1.82, 2.24) is 10.2 Å². The topological polar surface area (TPSA) is 41.6 Å². The second-order valence-corrected chi connectivity index (χ2v) is 5.79. The van der Waals surface area contributed by atoms with E-state index in [1.54, 1.807) is 0 Å². The van der Waals surface area contributed by atoms with Gasteiger partial charge in [0, 0.05) is 24.7 Å². The zero-order valence-corrected chi connectivity index (χ0v) is 13.4. The number of carbonyl (C=O) groups excluding carboxylic acids is 1. The standard InChI is InChI=1S/C19H22N2O2/c1-20-16-11-13-21(14-12-16)19(22)15-7-9-18(10-8-15)23-17-5-3-2-4-6-17/h2-10,16,20H,11-14H2,1H3. The van der Waals surface area contributed by atoms with E-state index in [1.165, 1.54) is 0 Å². The molecule has 1 aliphatic heterocycles. The number of hydrogen-bond donors (Lipinski definition) is 1. The maximum Gasteiger partial charge on any atom is 0.253 e. The Morgan fingerprint density at radius 2 is 1.61 bits per heavy atom. The normalized spacial score (nSPS) is 15.4. The Hall–Kier alpha value is -2.33. The molecule has 0 aliphatic carbocycles. The van der Waals surface area contributed by atoms with Crippen LogP contribution >= 0.6 is 0 Å². The zero-order chi connectivity index (χ0) is 16.1. The second kappa shape index (κ2) is 7.29. The third-order valence-corrected chi connectivity index (χ3v) is 4.27. The number of likely N-dealkylation sites (tertiary alicyclic amines) is 1. The first-order chi connectivity index (χ1) is 11.3. The summed E-state index contributed by atoms with van der Waals surface area (Å²) in [6, 6.07) is 17.5. The van der Waals surface area contributed by atoms with Gasteiger partial charge in [-0.05, 0) is 56.3 Å². The van der Waals surface area contributed by atoms with Crippen LogP contribution in [0.1, 0.15) is 23.2 Å². The van der Waals surface area contributed by atoms with Crippen LogP contribution in [0.2, 0.25) is 0 Å². The Bertz CT molecular complexity index is 632. The molecule has 4 heteroatoms. The SMILES string of the molecule is CNC1CCN(C(=O)c2ccc(Oc3ccccc3)cc2)CC1. The molecule has 1 amide bonds. The van der Waals surface area contributed by atoms with Crippen molar-refractivity contribution in [3.8, 4) is 11.5 Å². The largest absolute Gasteiger partial charge is 0.457 e. The summed E-state index contributed by atoms with van der Waals surface area (Å²) in [5.74, 6) is 1.63. The molecule has 0 atom stereocenters. The Kier molecular flexibility index (Phi) is 4.93. The molecule has 120 valence electrons. The molecule has 0 aromatic heterocycles. The smallest absolute Gasteiger partial charge is 0.253 e. The first-order valence-corrected chi connectivity index (χ1v) is 8.06. The average Bonchev–Trinajstić information content (AvgIpc) is 2.63. The summed E-state index contributed by atoms with van der Waals surface area (Å²) < 4.78 is 5.75. The van der Waals surface area contributed by atoms with Gasteiger partial charge in [0.05, 0.1) is 0 Å². The van der Waals surface area contributed by atoms with Crippen LogP contribution in [-0.4, -0.2) is 37.0 Å². The molecule has 0 saturated carbocycles. The van der Waals surface area contributed by atoms with Crippen LogP contribution in [0.5, 0.6) is 11.5 Å². The molecule has 23 heavy (non-hydrogen) atoms. The molecule has 4 nitrogen and oxygen atoms in total. The van der Waals surface area contributed by atoms with E-state index in [4.69, 9.17) is 4.74 Å². The third kappa shape index (κ3) is 3.90. The number of carbonyl (C=O) groups is 1. The molecular formula is C19H22N2O2. The number of piperidine rings is 1. The average molecular weight is 310 g/mol. The van der Waals surface area contributed by atoms with Crippen molar-refractivity contribution >= 4 is 5.91 Å². The van der Waals surface area contributed by atoms with E-state index in [0.717, 1.165) is 37.4 Å². The number of nitrogens with one attached hydrogen (secondary N) is 1. The minimum Gasteiger partial charge on any atom is -0.457 e. The summed E-state index contributed by atoms with van der Waals surface area (Å²) in [4.78, 5) is 14.5. The number of benzene rings is 2. The number of nitrogens with zero attached hydrogens (tertiary/aromatic N) is 1. The quantitative estimate of drug-likeness (QED) is 0.942. The molecular weight excluding hydrogens is 288 g/mol. The lowest BCUT2D eigenvalue weighted by atomic mass is 10.0. The van der Waals surface area contributed by atoms with Gasteiger partial charge in [0.15, 0.2) is 0 Å². The first kappa shape index (κ1) is 15.6.